The van der Waals surface area contributed by atoms with Crippen molar-refractivity contribution in [1.82, 2.24) is 15.0 Å². The van der Waals surface area contributed by atoms with E-state index in [4.69, 9.17) is 9.47 Å². The van der Waals surface area contributed by atoms with Crippen molar-refractivity contribution >= 4 is 34.4 Å². The van der Waals surface area contributed by atoms with Crippen molar-refractivity contribution in [3.63, 3.8) is 0 Å². The number of aliphatic hydroxyl groups is 1. The van der Waals surface area contributed by atoms with Crippen LogP contribution >= 0.6 is 0 Å². The number of Topliss-reactive ketones (excluding diaryl/α,β-unsaturated/α-hetero) is 1. The third-order valence-electron chi connectivity index (χ3n) is 5.87. The van der Waals surface area contributed by atoms with Gasteiger partial charge in [0.05, 0.1) is 41.4 Å². The molecule has 36 heavy (non-hydrogen) atoms. The van der Waals surface area contributed by atoms with E-state index in [0.717, 1.165) is 0 Å². The third-order valence-corrected chi connectivity index (χ3v) is 5.87. The van der Waals surface area contributed by atoms with E-state index in [1.54, 1.807) is 48.8 Å². The van der Waals surface area contributed by atoms with Gasteiger partial charge in [-0.25, -0.2) is 4.98 Å². The number of hydrogen-bond acceptors (Lipinski definition) is 7. The minimum atomic E-state index is -0.958. The summed E-state index contributed by atoms with van der Waals surface area (Å²) in [6.07, 6.45) is 3.15. The van der Waals surface area contributed by atoms with Crippen LogP contribution in [0.5, 0.6) is 11.5 Å². The lowest BCUT2D eigenvalue weighted by Crippen LogP contribution is -2.30. The molecule has 1 amide bonds. The Hall–Kier alpha value is -4.66. The van der Waals surface area contributed by atoms with Crippen LogP contribution in [0.15, 0.2) is 72.6 Å². The van der Waals surface area contributed by atoms with Crippen LogP contribution in [-0.4, -0.2) is 45.0 Å². The minimum Gasteiger partial charge on any atom is -0.507 e. The molecular weight excluding hydrogens is 460 g/mol. The minimum absolute atomic E-state index is 0.0847. The van der Waals surface area contributed by atoms with Gasteiger partial charge in [-0.15, -0.1) is 0 Å². The number of carbonyl (C=O) groups excluding carboxylic acids is 2. The maximum atomic E-state index is 13.4. The van der Waals surface area contributed by atoms with Crippen molar-refractivity contribution < 1.29 is 24.2 Å². The summed E-state index contributed by atoms with van der Waals surface area (Å²) in [4.78, 5) is 39.8. The van der Waals surface area contributed by atoms with Gasteiger partial charge >= 0.3 is 5.91 Å². The standard InChI is InChI=1S/C27H24N4O5/c1-3-35-17-11-12-18(21(14-17)36-4-2)24(32)22-23(16-8-7-13-28-15-16)31(26(34)25(22)33)27-29-19-9-5-6-10-20(19)30-27/h5-15,23,32H,3-4H2,1-2H3,(H,29,30)/b24-22+. The highest BCUT2D eigenvalue weighted by atomic mass is 16.5. The van der Waals surface area contributed by atoms with Crippen molar-refractivity contribution in [3.8, 4) is 11.5 Å². The average Bonchev–Trinajstić information content (AvgIpc) is 3.43. The molecule has 0 radical (unpaired) electrons. The zero-order valence-electron chi connectivity index (χ0n) is 19.8. The summed E-state index contributed by atoms with van der Waals surface area (Å²) in [7, 11) is 0. The highest BCUT2D eigenvalue weighted by Crippen LogP contribution is 2.43. The normalized spacial score (nSPS) is 17.1. The molecule has 2 N–H and O–H groups in total. The Morgan fingerprint density at radius 3 is 2.58 bits per heavy atom. The first kappa shape index (κ1) is 23.1. The molecule has 1 aliphatic rings. The van der Waals surface area contributed by atoms with E-state index in [0.29, 0.717) is 41.3 Å². The van der Waals surface area contributed by atoms with Gasteiger partial charge in [0.25, 0.3) is 5.78 Å². The Morgan fingerprint density at radius 1 is 1.06 bits per heavy atom. The van der Waals surface area contributed by atoms with Crippen LogP contribution in [0, 0.1) is 0 Å². The van der Waals surface area contributed by atoms with Crippen LogP contribution in [0.1, 0.15) is 31.0 Å². The number of aromatic nitrogens is 3. The number of aliphatic hydroxyl groups excluding tert-OH is 1. The molecule has 5 rings (SSSR count). The summed E-state index contributed by atoms with van der Waals surface area (Å²) in [6, 6.07) is 14.7. The fourth-order valence-electron chi connectivity index (χ4n) is 4.33. The van der Waals surface area contributed by atoms with Gasteiger partial charge in [0.1, 0.15) is 17.3 Å². The van der Waals surface area contributed by atoms with E-state index in [2.05, 4.69) is 15.0 Å². The molecule has 1 fully saturated rings. The second kappa shape index (κ2) is 9.53. The number of nitrogens with zero attached hydrogens (tertiary/aromatic N) is 3. The maximum absolute atomic E-state index is 13.4. The number of benzene rings is 2. The van der Waals surface area contributed by atoms with Crippen LogP contribution in [0.4, 0.5) is 5.95 Å². The first-order valence-corrected chi connectivity index (χ1v) is 11.6. The predicted octanol–water partition coefficient (Wildman–Crippen LogP) is 4.38. The zero-order chi connectivity index (χ0) is 25.2. The lowest BCUT2D eigenvalue weighted by atomic mass is 9.96. The number of hydrogen-bond donors (Lipinski definition) is 2. The molecule has 4 aromatic rings. The molecule has 9 heteroatoms. The smallest absolute Gasteiger partial charge is 0.302 e. The van der Waals surface area contributed by atoms with Gasteiger partial charge in [0, 0.05) is 18.5 Å². The van der Waals surface area contributed by atoms with E-state index in [1.807, 2.05) is 32.0 Å². The third kappa shape index (κ3) is 3.94. The number of fused-ring (bicyclic) bond motifs is 1. The van der Waals surface area contributed by atoms with Crippen LogP contribution in [0.3, 0.4) is 0 Å². The van der Waals surface area contributed by atoms with Crippen LogP contribution < -0.4 is 14.4 Å². The van der Waals surface area contributed by atoms with Crippen molar-refractivity contribution in [2.24, 2.45) is 0 Å². The van der Waals surface area contributed by atoms with E-state index < -0.39 is 17.7 Å². The fraction of sp³-hybridized carbons (Fsp3) is 0.185. The van der Waals surface area contributed by atoms with Gasteiger partial charge in [-0.1, -0.05) is 18.2 Å². The molecule has 0 aliphatic carbocycles. The van der Waals surface area contributed by atoms with Crippen molar-refractivity contribution in [2.45, 2.75) is 19.9 Å². The summed E-state index contributed by atoms with van der Waals surface area (Å²) in [5, 5.41) is 11.5. The number of nitrogens with one attached hydrogen (secondary N) is 1. The number of H-pyrrole nitrogens is 1. The maximum Gasteiger partial charge on any atom is 0.302 e. The number of ketones is 1. The number of imidazole rings is 1. The number of para-hydroxylation sites is 2. The number of anilines is 1. The summed E-state index contributed by atoms with van der Waals surface area (Å²) < 4.78 is 11.3. The molecule has 2 aromatic heterocycles. The molecule has 3 heterocycles. The number of pyridine rings is 1. The molecule has 1 unspecified atom stereocenters. The molecule has 0 spiro atoms. The number of rotatable bonds is 7. The Kier molecular flexibility index (Phi) is 6.12. The van der Waals surface area contributed by atoms with E-state index in [1.165, 1.54) is 4.90 Å². The first-order chi connectivity index (χ1) is 17.5. The topological polar surface area (TPSA) is 118 Å². The molecule has 1 saturated heterocycles. The summed E-state index contributed by atoms with van der Waals surface area (Å²) in [5.74, 6) is -0.911. The van der Waals surface area contributed by atoms with E-state index >= 15 is 0 Å². The molecule has 1 aliphatic heterocycles. The molecule has 1 atom stereocenters. The highest BCUT2D eigenvalue weighted by Gasteiger charge is 2.48. The quantitative estimate of drug-likeness (QED) is 0.227. The van der Waals surface area contributed by atoms with Gasteiger partial charge in [0.2, 0.25) is 5.95 Å². The second-order valence-corrected chi connectivity index (χ2v) is 8.06. The van der Waals surface area contributed by atoms with Gasteiger partial charge in [-0.05, 0) is 49.7 Å². The Labute approximate surface area is 207 Å². The van der Waals surface area contributed by atoms with E-state index in [9.17, 15) is 14.7 Å². The molecule has 0 saturated carbocycles. The van der Waals surface area contributed by atoms with Crippen molar-refractivity contribution in [3.05, 3.63) is 83.7 Å². The van der Waals surface area contributed by atoms with Crippen molar-refractivity contribution in [2.75, 3.05) is 18.1 Å². The molecular formula is C27H24N4O5. The summed E-state index contributed by atoms with van der Waals surface area (Å²) in [5.41, 5.74) is 2.09. The van der Waals surface area contributed by atoms with Crippen LogP contribution in [-0.2, 0) is 9.59 Å². The van der Waals surface area contributed by atoms with Crippen LogP contribution in [0.2, 0.25) is 0 Å². The molecule has 182 valence electrons. The molecule has 0 bridgehead atoms. The second-order valence-electron chi connectivity index (χ2n) is 8.06. The van der Waals surface area contributed by atoms with Gasteiger partial charge < -0.3 is 19.6 Å². The van der Waals surface area contributed by atoms with Gasteiger partial charge in [-0.2, -0.15) is 0 Å². The highest BCUT2D eigenvalue weighted by molar-refractivity contribution is 6.51. The summed E-state index contributed by atoms with van der Waals surface area (Å²) in [6.45, 7) is 4.46. The first-order valence-electron chi connectivity index (χ1n) is 11.6. The number of aromatic amines is 1. The number of amides is 1. The monoisotopic (exact) mass is 484 g/mol. The largest absolute Gasteiger partial charge is 0.507 e. The van der Waals surface area contributed by atoms with Gasteiger partial charge in [0.15, 0.2) is 0 Å². The average molecular weight is 485 g/mol. The SMILES string of the molecule is CCOc1ccc(/C(O)=C2\C(=O)C(=O)N(c3nc4ccccc4[nH]3)C2c2cccnc2)c(OCC)c1. The van der Waals surface area contributed by atoms with E-state index in [-0.39, 0.29) is 22.8 Å². The lowest BCUT2D eigenvalue weighted by molar-refractivity contribution is -0.132. The predicted molar refractivity (Wildman–Crippen MR) is 134 cm³/mol. The summed E-state index contributed by atoms with van der Waals surface area (Å²) >= 11 is 0. The zero-order valence-corrected chi connectivity index (χ0v) is 19.8. The molecule has 9 nitrogen and oxygen atoms in total. The fourth-order valence-corrected chi connectivity index (χ4v) is 4.33. The van der Waals surface area contributed by atoms with Crippen molar-refractivity contribution in [1.29, 1.82) is 0 Å². The Bertz CT molecular complexity index is 1450. The van der Waals surface area contributed by atoms with Crippen LogP contribution in [0.25, 0.3) is 16.8 Å². The Morgan fingerprint density at radius 2 is 1.86 bits per heavy atom. The lowest BCUT2D eigenvalue weighted by Gasteiger charge is -2.23. The number of carbonyl (C=O) groups is 2. The molecule has 2 aromatic carbocycles. The Balaban J connectivity index is 1.71. The van der Waals surface area contributed by atoms with Gasteiger partial charge in [-0.3, -0.25) is 19.5 Å². The number of ether oxygens (including phenoxy) is 2.